The zero-order valence-corrected chi connectivity index (χ0v) is 11.6. The first-order valence-electron chi connectivity index (χ1n) is 6.62. The van der Waals surface area contributed by atoms with Crippen LogP contribution >= 0.6 is 0 Å². The first-order chi connectivity index (χ1) is 9.70. The molecule has 1 atom stereocenters. The molecule has 102 valence electrons. The maximum Gasteiger partial charge on any atom is 0.338 e. The van der Waals surface area contributed by atoms with Crippen molar-refractivity contribution in [3.05, 3.63) is 83.9 Å². The number of rotatable bonds is 5. The number of carbonyl (C=O) groups is 1. The predicted molar refractivity (Wildman–Crippen MR) is 80.8 cm³/mol. The molecular weight excluding hydrogens is 248 g/mol. The van der Waals surface area contributed by atoms with Crippen LogP contribution in [-0.4, -0.2) is 12.6 Å². The van der Waals surface area contributed by atoms with E-state index in [1.165, 1.54) is 5.56 Å². The minimum absolute atomic E-state index is 0.0169. The van der Waals surface area contributed by atoms with Crippen LogP contribution in [0.3, 0.4) is 0 Å². The number of esters is 1. The van der Waals surface area contributed by atoms with Gasteiger partial charge in [0.1, 0.15) is 6.61 Å². The lowest BCUT2D eigenvalue weighted by Crippen LogP contribution is -2.11. The molecule has 0 radical (unpaired) electrons. The number of hydrogen-bond acceptors (Lipinski definition) is 2. The fourth-order valence-electron chi connectivity index (χ4n) is 1.94. The van der Waals surface area contributed by atoms with Gasteiger partial charge >= 0.3 is 5.97 Å². The number of ether oxygens (including phenoxy) is 1. The molecule has 0 unspecified atom stereocenters. The van der Waals surface area contributed by atoms with Gasteiger partial charge in [-0.25, -0.2) is 4.79 Å². The predicted octanol–water partition coefficient (Wildman–Crippen LogP) is 4.12. The van der Waals surface area contributed by atoms with Crippen molar-refractivity contribution in [2.75, 3.05) is 6.61 Å². The summed E-state index contributed by atoms with van der Waals surface area (Å²) in [7, 11) is 0. The molecule has 2 heteroatoms. The van der Waals surface area contributed by atoms with Crippen molar-refractivity contribution in [2.45, 2.75) is 12.8 Å². The highest BCUT2D eigenvalue weighted by atomic mass is 16.5. The Kier molecular flexibility index (Phi) is 4.72. The Morgan fingerprint density at radius 1 is 1.15 bits per heavy atom. The summed E-state index contributed by atoms with van der Waals surface area (Å²) in [6.45, 7) is 6.17. The van der Waals surface area contributed by atoms with Gasteiger partial charge in [0.2, 0.25) is 0 Å². The molecule has 2 nitrogen and oxygen atoms in total. The van der Waals surface area contributed by atoms with Gasteiger partial charge in [-0.05, 0) is 24.6 Å². The third kappa shape index (κ3) is 3.58. The summed E-state index contributed by atoms with van der Waals surface area (Å²) >= 11 is 0. The molecule has 0 heterocycles. The lowest BCUT2D eigenvalue weighted by atomic mass is 9.99. The first-order valence-corrected chi connectivity index (χ1v) is 6.62. The summed E-state index contributed by atoms with van der Waals surface area (Å²) in [4.78, 5) is 11.9. The van der Waals surface area contributed by atoms with E-state index in [4.69, 9.17) is 4.74 Å². The van der Waals surface area contributed by atoms with Crippen LogP contribution in [0.1, 0.15) is 27.4 Å². The lowest BCUT2D eigenvalue weighted by Gasteiger charge is -2.13. The van der Waals surface area contributed by atoms with Gasteiger partial charge in [-0.15, -0.1) is 6.58 Å². The van der Waals surface area contributed by atoms with Gasteiger partial charge in [0, 0.05) is 5.92 Å². The van der Waals surface area contributed by atoms with Crippen molar-refractivity contribution in [1.82, 2.24) is 0 Å². The highest BCUT2D eigenvalue weighted by Gasteiger charge is 2.12. The van der Waals surface area contributed by atoms with E-state index in [-0.39, 0.29) is 11.9 Å². The third-order valence-electron chi connectivity index (χ3n) is 3.19. The van der Waals surface area contributed by atoms with Crippen LogP contribution in [0.15, 0.2) is 67.3 Å². The van der Waals surface area contributed by atoms with Gasteiger partial charge in [0.25, 0.3) is 0 Å². The van der Waals surface area contributed by atoms with E-state index < -0.39 is 0 Å². The summed E-state index contributed by atoms with van der Waals surface area (Å²) in [5, 5.41) is 0. The number of hydrogen-bond donors (Lipinski definition) is 0. The SMILES string of the molecule is C=C[C@@H](COC(=O)c1ccccc1)c1ccc(C)cc1. The van der Waals surface area contributed by atoms with E-state index in [2.05, 4.69) is 6.58 Å². The number of benzene rings is 2. The van der Waals surface area contributed by atoms with E-state index in [0.717, 1.165) is 5.56 Å². The molecule has 0 saturated heterocycles. The molecule has 2 rings (SSSR count). The standard InChI is InChI=1S/C18H18O2/c1-3-15(16-11-9-14(2)10-12-16)13-20-18(19)17-7-5-4-6-8-17/h3-12,15H,1,13H2,2H3/t15-/m0/s1. The van der Waals surface area contributed by atoms with Crippen molar-refractivity contribution in [3.63, 3.8) is 0 Å². The fourth-order valence-corrected chi connectivity index (χ4v) is 1.94. The first kappa shape index (κ1) is 14.1. The molecule has 0 amide bonds. The molecule has 0 aliphatic heterocycles. The normalized spacial score (nSPS) is 11.7. The largest absolute Gasteiger partial charge is 0.461 e. The average molecular weight is 266 g/mol. The van der Waals surface area contributed by atoms with Crippen LogP contribution in [0.25, 0.3) is 0 Å². The highest BCUT2D eigenvalue weighted by Crippen LogP contribution is 2.18. The Bertz CT molecular complexity index is 570. The van der Waals surface area contributed by atoms with Gasteiger partial charge in [0.05, 0.1) is 5.56 Å². The quantitative estimate of drug-likeness (QED) is 0.601. The second-order valence-electron chi connectivity index (χ2n) is 4.72. The molecule has 20 heavy (non-hydrogen) atoms. The number of aryl methyl sites for hydroxylation is 1. The molecule has 0 saturated carbocycles. The van der Waals surface area contributed by atoms with Crippen LogP contribution in [0, 0.1) is 6.92 Å². The van der Waals surface area contributed by atoms with E-state index in [1.807, 2.05) is 55.5 Å². The van der Waals surface area contributed by atoms with Gasteiger partial charge in [-0.1, -0.05) is 54.1 Å². The molecule has 2 aromatic rings. The maximum atomic E-state index is 11.9. The smallest absolute Gasteiger partial charge is 0.338 e. The van der Waals surface area contributed by atoms with Crippen LogP contribution < -0.4 is 0 Å². The Balaban J connectivity index is 1.99. The summed E-state index contributed by atoms with van der Waals surface area (Å²) in [6.07, 6.45) is 1.81. The van der Waals surface area contributed by atoms with E-state index >= 15 is 0 Å². The molecule has 0 N–H and O–H groups in total. The maximum absolute atomic E-state index is 11.9. The van der Waals surface area contributed by atoms with Gasteiger partial charge in [-0.3, -0.25) is 0 Å². The second kappa shape index (κ2) is 6.71. The molecule has 0 bridgehead atoms. The Morgan fingerprint density at radius 3 is 2.40 bits per heavy atom. The zero-order chi connectivity index (χ0) is 14.4. The van der Waals surface area contributed by atoms with Gasteiger partial charge in [-0.2, -0.15) is 0 Å². The zero-order valence-electron chi connectivity index (χ0n) is 11.6. The highest BCUT2D eigenvalue weighted by molar-refractivity contribution is 5.89. The summed E-state index contributed by atoms with van der Waals surface area (Å²) in [5.74, 6) is -0.284. The average Bonchev–Trinajstić information content (AvgIpc) is 2.50. The number of carbonyl (C=O) groups excluding carboxylic acids is 1. The van der Waals surface area contributed by atoms with E-state index in [0.29, 0.717) is 12.2 Å². The van der Waals surface area contributed by atoms with E-state index in [1.54, 1.807) is 12.1 Å². The molecular formula is C18H18O2. The van der Waals surface area contributed by atoms with Crippen LogP contribution in [-0.2, 0) is 4.74 Å². The van der Waals surface area contributed by atoms with E-state index in [9.17, 15) is 4.79 Å². The van der Waals surface area contributed by atoms with Gasteiger partial charge in [0.15, 0.2) is 0 Å². The van der Waals surface area contributed by atoms with Crippen molar-refractivity contribution in [2.24, 2.45) is 0 Å². The van der Waals surface area contributed by atoms with Crippen molar-refractivity contribution in [3.8, 4) is 0 Å². The van der Waals surface area contributed by atoms with Crippen molar-refractivity contribution in [1.29, 1.82) is 0 Å². The molecule has 2 aromatic carbocycles. The Hall–Kier alpha value is -2.35. The van der Waals surface area contributed by atoms with Crippen molar-refractivity contribution >= 4 is 5.97 Å². The monoisotopic (exact) mass is 266 g/mol. The molecule has 0 aliphatic carbocycles. The molecule has 0 fully saturated rings. The Labute approximate surface area is 119 Å². The minimum Gasteiger partial charge on any atom is -0.461 e. The topological polar surface area (TPSA) is 26.3 Å². The van der Waals surface area contributed by atoms with Crippen molar-refractivity contribution < 1.29 is 9.53 Å². The fraction of sp³-hybridized carbons (Fsp3) is 0.167. The summed E-state index contributed by atoms with van der Waals surface area (Å²) < 4.78 is 5.36. The third-order valence-corrected chi connectivity index (χ3v) is 3.19. The van der Waals surface area contributed by atoms with Crippen LogP contribution in [0.5, 0.6) is 0 Å². The van der Waals surface area contributed by atoms with Gasteiger partial charge < -0.3 is 4.74 Å². The molecule has 0 aromatic heterocycles. The lowest BCUT2D eigenvalue weighted by molar-refractivity contribution is 0.0494. The molecule has 0 spiro atoms. The van der Waals surface area contributed by atoms with Crippen LogP contribution in [0.2, 0.25) is 0 Å². The summed E-state index contributed by atoms with van der Waals surface area (Å²) in [6, 6.07) is 17.2. The minimum atomic E-state index is -0.301. The molecule has 0 aliphatic rings. The Morgan fingerprint density at radius 2 is 1.80 bits per heavy atom. The summed E-state index contributed by atoms with van der Waals surface area (Å²) in [5.41, 5.74) is 2.88. The second-order valence-corrected chi connectivity index (χ2v) is 4.72. The van der Waals surface area contributed by atoms with Crippen LogP contribution in [0.4, 0.5) is 0 Å².